The minimum Gasteiger partial charge on any atom is -0.455 e. The summed E-state index contributed by atoms with van der Waals surface area (Å²) in [4.78, 5) is 0. The summed E-state index contributed by atoms with van der Waals surface area (Å²) in [5.41, 5.74) is 25.6. The SMILES string of the molecule is Brc1cccc(-c2ccc3c(-c4ccccc4)c(-c4ccccc4)oc3c2)c1.OB(O)c1c2ccccc2c(-c2ccc(-c3cccc4ccccc34)cc2)c2ccccc12.c1ccc(-c2oc3cc(-c4cccc(-c5c6ccccc6c(-c6ccc(-c7cccc8ccccc78)cc6)c6ccccc56)c4)ccc3c2-c2ccccc2)cc1. The van der Waals surface area contributed by atoms with Crippen molar-refractivity contribution in [3.63, 3.8) is 0 Å². The summed E-state index contributed by atoms with van der Waals surface area (Å²) in [6.07, 6.45) is 0. The van der Waals surface area contributed by atoms with Gasteiger partial charge in [0.05, 0.1) is 0 Å². The maximum Gasteiger partial charge on any atom is 0.489 e. The summed E-state index contributed by atoms with van der Waals surface area (Å²) in [5, 5.41) is 36.3. The van der Waals surface area contributed by atoms with Crippen molar-refractivity contribution in [1.82, 2.24) is 0 Å². The normalized spacial score (nSPS) is 11.3. The zero-order valence-electron chi connectivity index (χ0n) is 64.2. The summed E-state index contributed by atoms with van der Waals surface area (Å²) < 4.78 is 14.2. The first-order valence-electron chi connectivity index (χ1n) is 39.9. The molecule has 0 aliphatic carbocycles. The number of hydrogen-bond acceptors (Lipinski definition) is 4. The molecule has 0 aliphatic heterocycles. The second-order valence-electron chi connectivity index (χ2n) is 29.9. The fraction of sp³-hybridized carbons (Fsp3) is 0. The van der Waals surface area contributed by atoms with Gasteiger partial charge in [-0.25, -0.2) is 0 Å². The van der Waals surface area contributed by atoms with Gasteiger partial charge in [-0.05, 0) is 202 Å². The van der Waals surface area contributed by atoms with E-state index in [9.17, 15) is 10.0 Å². The molecule has 118 heavy (non-hydrogen) atoms. The Balaban J connectivity index is 0.000000124. The quantitative estimate of drug-likeness (QED) is 0.0945. The van der Waals surface area contributed by atoms with E-state index in [1.807, 2.05) is 72.8 Å². The lowest BCUT2D eigenvalue weighted by atomic mass is 9.72. The lowest BCUT2D eigenvalue weighted by Gasteiger charge is -2.18. The molecule has 0 bridgehead atoms. The molecule has 0 atom stereocenters. The highest BCUT2D eigenvalue weighted by Crippen LogP contribution is 2.49. The van der Waals surface area contributed by atoms with Crippen LogP contribution in [0.3, 0.4) is 0 Å². The van der Waals surface area contributed by atoms with Crippen LogP contribution in [0.2, 0.25) is 0 Å². The van der Waals surface area contributed by atoms with Gasteiger partial charge in [-0.2, -0.15) is 0 Å². The molecule has 4 nitrogen and oxygen atoms in total. The Bertz CT molecular complexity index is 7380. The highest BCUT2D eigenvalue weighted by molar-refractivity contribution is 9.10. The lowest BCUT2D eigenvalue weighted by molar-refractivity contribution is 0.426. The Morgan fingerprint density at radius 2 is 0.458 bits per heavy atom. The molecule has 22 rings (SSSR count). The molecule has 2 heterocycles. The van der Waals surface area contributed by atoms with E-state index in [0.717, 1.165) is 126 Å². The first-order valence-corrected chi connectivity index (χ1v) is 40.7. The van der Waals surface area contributed by atoms with Crippen LogP contribution in [0.5, 0.6) is 0 Å². The predicted octanol–water partition coefficient (Wildman–Crippen LogP) is 30.3. The number of hydrogen-bond donors (Lipinski definition) is 2. The van der Waals surface area contributed by atoms with Gasteiger partial charge in [-0.15, -0.1) is 0 Å². The monoisotopic (exact) mass is 1570 g/mol. The Morgan fingerprint density at radius 3 is 0.856 bits per heavy atom. The molecule has 0 unspecified atom stereocenters. The Hall–Kier alpha value is -14.5. The molecule has 0 saturated heterocycles. The third-order valence-corrected chi connectivity index (χ3v) is 23.4. The van der Waals surface area contributed by atoms with Gasteiger partial charge in [0.15, 0.2) is 0 Å². The summed E-state index contributed by atoms with van der Waals surface area (Å²) >= 11 is 3.56. The lowest BCUT2D eigenvalue weighted by Crippen LogP contribution is -2.31. The number of halogens is 1. The molecule has 0 radical (unpaired) electrons. The van der Waals surface area contributed by atoms with E-state index < -0.39 is 7.12 Å². The van der Waals surface area contributed by atoms with E-state index in [4.69, 9.17) is 8.83 Å². The Labute approximate surface area is 693 Å². The highest BCUT2D eigenvalue weighted by atomic mass is 79.9. The van der Waals surface area contributed by atoms with Crippen LogP contribution in [0.4, 0.5) is 0 Å². The zero-order chi connectivity index (χ0) is 79.0. The molecule has 0 fully saturated rings. The van der Waals surface area contributed by atoms with Crippen molar-refractivity contribution in [2.45, 2.75) is 0 Å². The molecule has 0 amide bonds. The number of benzene rings is 20. The van der Waals surface area contributed by atoms with E-state index in [1.165, 1.54) is 87.6 Å². The largest absolute Gasteiger partial charge is 0.489 e. The summed E-state index contributed by atoms with van der Waals surface area (Å²) in [5.74, 6) is 1.80. The summed E-state index contributed by atoms with van der Waals surface area (Å²) in [7, 11) is -1.54. The van der Waals surface area contributed by atoms with Crippen molar-refractivity contribution in [2.24, 2.45) is 0 Å². The van der Waals surface area contributed by atoms with Gasteiger partial charge in [0, 0.05) is 37.5 Å². The van der Waals surface area contributed by atoms with Crippen LogP contribution in [0.1, 0.15) is 0 Å². The molecular formula is C112H74BBrO4. The molecule has 22 aromatic rings. The van der Waals surface area contributed by atoms with Crippen LogP contribution in [-0.4, -0.2) is 17.2 Å². The van der Waals surface area contributed by atoms with Crippen LogP contribution in [0.25, 0.3) is 209 Å². The first-order chi connectivity index (χ1) is 58.3. The van der Waals surface area contributed by atoms with Crippen LogP contribution in [0, 0.1) is 0 Å². The molecule has 20 aromatic carbocycles. The second kappa shape index (κ2) is 31.7. The molecular weight excluding hydrogens is 1500 g/mol. The van der Waals surface area contributed by atoms with Gasteiger partial charge < -0.3 is 18.9 Å². The molecule has 0 saturated carbocycles. The second-order valence-corrected chi connectivity index (χ2v) is 30.8. The number of rotatable bonds is 12. The highest BCUT2D eigenvalue weighted by Gasteiger charge is 2.25. The first kappa shape index (κ1) is 72.5. The fourth-order valence-corrected chi connectivity index (χ4v) is 17.9. The summed E-state index contributed by atoms with van der Waals surface area (Å²) in [6.45, 7) is 0. The molecule has 0 aliphatic rings. The van der Waals surface area contributed by atoms with Crippen molar-refractivity contribution < 1.29 is 18.9 Å². The Kier molecular flexibility index (Phi) is 19.5. The van der Waals surface area contributed by atoms with Crippen molar-refractivity contribution >= 4 is 115 Å². The smallest absolute Gasteiger partial charge is 0.455 e. The standard InChI is InChI=1S/C56H36O.C30H21BO2.C26H17BrO/c1-3-16-39(17-4-1)55-51-34-33-43(36-52(51)57-56(55)41-18-5-2-6-19-41)42-21-13-22-44(35-42)54-49-26-11-9-24-47(49)53(48-25-10-12-27-50(48)54)40-31-29-38(30-32-40)46-28-14-20-37-15-7-8-23-45(37)46;32-31(33)30-27-13-5-3-11-25(27)29(26-12-4-6-14-28(26)30)22-18-16-21(17-19-22)24-15-7-9-20-8-1-2-10-23(20)24;27-22-13-7-12-20(16-22)21-14-15-23-24(17-21)28-26(19-10-5-2-6-11-19)25(23)18-8-3-1-4-9-18/h1-36H;1-19,32-33H;1-17H. The van der Waals surface area contributed by atoms with Gasteiger partial charge in [-0.1, -0.05) is 410 Å². The van der Waals surface area contributed by atoms with Crippen LogP contribution in [0.15, 0.2) is 450 Å². The van der Waals surface area contributed by atoms with Gasteiger partial charge in [-0.3, -0.25) is 0 Å². The van der Waals surface area contributed by atoms with Gasteiger partial charge in [0.25, 0.3) is 0 Å². The van der Waals surface area contributed by atoms with Crippen LogP contribution >= 0.6 is 15.9 Å². The van der Waals surface area contributed by atoms with E-state index in [1.54, 1.807) is 0 Å². The molecule has 2 aromatic heterocycles. The maximum atomic E-state index is 10.2. The Morgan fingerprint density at radius 1 is 0.186 bits per heavy atom. The third-order valence-electron chi connectivity index (χ3n) is 22.9. The number of furan rings is 2. The molecule has 556 valence electrons. The molecule has 2 N–H and O–H groups in total. The van der Waals surface area contributed by atoms with Gasteiger partial charge >= 0.3 is 7.12 Å². The van der Waals surface area contributed by atoms with E-state index in [-0.39, 0.29) is 0 Å². The minimum absolute atomic E-state index is 0.553. The minimum atomic E-state index is -1.54. The summed E-state index contributed by atoms with van der Waals surface area (Å²) in [6, 6.07) is 154. The zero-order valence-corrected chi connectivity index (χ0v) is 65.8. The van der Waals surface area contributed by atoms with Crippen molar-refractivity contribution in [2.75, 3.05) is 0 Å². The predicted molar refractivity (Wildman–Crippen MR) is 501 cm³/mol. The average Bonchev–Trinajstić information content (AvgIpc) is 1.08. The average molecular weight is 1570 g/mol. The van der Waals surface area contributed by atoms with Crippen molar-refractivity contribution in [3.8, 4) is 123 Å². The van der Waals surface area contributed by atoms with Crippen LogP contribution < -0.4 is 5.46 Å². The van der Waals surface area contributed by atoms with E-state index in [2.05, 4.69) is 380 Å². The van der Waals surface area contributed by atoms with Gasteiger partial charge in [0.1, 0.15) is 22.7 Å². The van der Waals surface area contributed by atoms with E-state index in [0.29, 0.717) is 5.46 Å². The third kappa shape index (κ3) is 13.7. The number of fused-ring (bicyclic) bond motifs is 8. The van der Waals surface area contributed by atoms with Crippen LogP contribution in [-0.2, 0) is 0 Å². The maximum absolute atomic E-state index is 10.2. The molecule has 0 spiro atoms. The fourth-order valence-electron chi connectivity index (χ4n) is 17.5. The van der Waals surface area contributed by atoms with Gasteiger partial charge in [0.2, 0.25) is 0 Å². The van der Waals surface area contributed by atoms with E-state index >= 15 is 0 Å². The topological polar surface area (TPSA) is 66.7 Å². The molecule has 6 heteroatoms. The van der Waals surface area contributed by atoms with Crippen molar-refractivity contribution in [3.05, 3.63) is 441 Å². The van der Waals surface area contributed by atoms with Crippen molar-refractivity contribution in [1.29, 1.82) is 0 Å².